The normalized spacial score (nSPS) is 20.2. The maximum atomic E-state index is 12.1. The summed E-state index contributed by atoms with van der Waals surface area (Å²) in [6.07, 6.45) is 2.00. The zero-order chi connectivity index (χ0) is 13.9. The van der Waals surface area contributed by atoms with Gasteiger partial charge in [-0.15, -0.1) is 0 Å². The lowest BCUT2D eigenvalue weighted by atomic mass is 10.0. The van der Waals surface area contributed by atoms with Gasteiger partial charge in [0.1, 0.15) is 0 Å². The predicted molar refractivity (Wildman–Crippen MR) is 79.2 cm³/mol. The Morgan fingerprint density at radius 3 is 2.89 bits per heavy atom. The number of rotatable bonds is 4. The summed E-state index contributed by atoms with van der Waals surface area (Å²) in [6, 6.07) is 5.19. The van der Waals surface area contributed by atoms with E-state index in [2.05, 4.69) is 10.0 Å². The van der Waals surface area contributed by atoms with Crippen molar-refractivity contribution in [2.45, 2.75) is 19.8 Å². The Balaban J connectivity index is 2.01. The van der Waals surface area contributed by atoms with Crippen molar-refractivity contribution in [3.63, 3.8) is 0 Å². The highest BCUT2D eigenvalue weighted by atomic mass is 35.5. The molecule has 1 aromatic rings. The van der Waals surface area contributed by atoms with E-state index < -0.39 is 10.0 Å². The molecule has 0 spiro atoms. The molecule has 1 atom stereocenters. The molecule has 0 radical (unpaired) electrons. The summed E-state index contributed by atoms with van der Waals surface area (Å²) in [5.41, 5.74) is 1.46. The molecule has 0 bridgehead atoms. The van der Waals surface area contributed by atoms with Crippen LogP contribution in [0.4, 0.5) is 5.69 Å². The Kier molecular flexibility index (Phi) is 4.71. The van der Waals surface area contributed by atoms with Gasteiger partial charge in [-0.05, 0) is 56.5 Å². The first-order chi connectivity index (χ1) is 8.96. The number of hydrogen-bond donors (Lipinski definition) is 2. The van der Waals surface area contributed by atoms with E-state index in [1.54, 1.807) is 12.1 Å². The second-order valence-corrected chi connectivity index (χ2v) is 7.23. The average Bonchev–Trinajstić information content (AvgIpc) is 2.34. The maximum Gasteiger partial charge on any atom is 0.233 e. The Bertz CT molecular complexity index is 540. The molecule has 1 aliphatic rings. The number of anilines is 1. The van der Waals surface area contributed by atoms with E-state index in [0.717, 1.165) is 31.5 Å². The summed E-state index contributed by atoms with van der Waals surface area (Å²) in [7, 11) is -3.31. The second kappa shape index (κ2) is 6.11. The summed E-state index contributed by atoms with van der Waals surface area (Å²) in [6.45, 7) is 3.64. The fourth-order valence-electron chi connectivity index (χ4n) is 2.25. The van der Waals surface area contributed by atoms with Crippen LogP contribution >= 0.6 is 11.6 Å². The van der Waals surface area contributed by atoms with Gasteiger partial charge in [-0.25, -0.2) is 8.42 Å². The topological polar surface area (TPSA) is 58.2 Å². The molecule has 1 fully saturated rings. The minimum atomic E-state index is -3.31. The molecule has 1 unspecified atom stereocenters. The van der Waals surface area contributed by atoms with Gasteiger partial charge >= 0.3 is 0 Å². The van der Waals surface area contributed by atoms with E-state index in [1.807, 2.05) is 13.0 Å². The monoisotopic (exact) mass is 302 g/mol. The Labute approximate surface area is 119 Å². The third kappa shape index (κ3) is 4.37. The van der Waals surface area contributed by atoms with Crippen molar-refractivity contribution in [1.29, 1.82) is 0 Å². The molecule has 1 aromatic carbocycles. The van der Waals surface area contributed by atoms with Crippen molar-refractivity contribution in [2.24, 2.45) is 5.92 Å². The molecule has 19 heavy (non-hydrogen) atoms. The van der Waals surface area contributed by atoms with Gasteiger partial charge in [0.2, 0.25) is 10.0 Å². The van der Waals surface area contributed by atoms with Crippen molar-refractivity contribution in [2.75, 3.05) is 23.6 Å². The van der Waals surface area contributed by atoms with Gasteiger partial charge in [0.15, 0.2) is 0 Å². The van der Waals surface area contributed by atoms with Crippen molar-refractivity contribution < 1.29 is 8.42 Å². The molecule has 1 heterocycles. The number of piperidine rings is 1. The lowest BCUT2D eigenvalue weighted by Crippen LogP contribution is -2.35. The Hall–Kier alpha value is -0.780. The average molecular weight is 303 g/mol. The predicted octanol–water partition coefficient (Wildman–Crippen LogP) is 2.39. The fourth-order valence-corrected chi connectivity index (χ4v) is 3.91. The van der Waals surface area contributed by atoms with Gasteiger partial charge < -0.3 is 5.32 Å². The molecule has 106 valence electrons. The molecular weight excluding hydrogens is 284 g/mol. The quantitative estimate of drug-likeness (QED) is 0.898. The first-order valence-electron chi connectivity index (χ1n) is 6.44. The van der Waals surface area contributed by atoms with Gasteiger partial charge in [0.25, 0.3) is 0 Å². The summed E-state index contributed by atoms with van der Waals surface area (Å²) < 4.78 is 26.8. The van der Waals surface area contributed by atoms with Crippen molar-refractivity contribution >= 4 is 27.3 Å². The van der Waals surface area contributed by atoms with E-state index in [1.165, 1.54) is 0 Å². The highest BCUT2D eigenvalue weighted by molar-refractivity contribution is 7.92. The Morgan fingerprint density at radius 1 is 1.47 bits per heavy atom. The summed E-state index contributed by atoms with van der Waals surface area (Å²) in [4.78, 5) is 0. The highest BCUT2D eigenvalue weighted by Crippen LogP contribution is 2.21. The molecule has 2 N–H and O–H groups in total. The summed E-state index contributed by atoms with van der Waals surface area (Å²) >= 11 is 5.99. The highest BCUT2D eigenvalue weighted by Gasteiger charge is 2.21. The second-order valence-electron chi connectivity index (χ2n) is 5.06. The van der Waals surface area contributed by atoms with Crippen LogP contribution in [-0.4, -0.2) is 27.3 Å². The van der Waals surface area contributed by atoms with E-state index in [9.17, 15) is 8.42 Å². The molecule has 0 aromatic heterocycles. The third-order valence-electron chi connectivity index (χ3n) is 3.30. The molecule has 0 aliphatic carbocycles. The van der Waals surface area contributed by atoms with Gasteiger partial charge in [-0.3, -0.25) is 4.72 Å². The van der Waals surface area contributed by atoms with Gasteiger partial charge in [-0.2, -0.15) is 0 Å². The molecule has 1 saturated heterocycles. The number of sulfonamides is 1. The zero-order valence-electron chi connectivity index (χ0n) is 10.9. The minimum absolute atomic E-state index is 0.158. The summed E-state index contributed by atoms with van der Waals surface area (Å²) in [5.74, 6) is 0.345. The van der Waals surface area contributed by atoms with Crippen LogP contribution in [0, 0.1) is 12.8 Å². The molecule has 2 rings (SSSR count). The van der Waals surface area contributed by atoms with Gasteiger partial charge in [0, 0.05) is 10.7 Å². The van der Waals surface area contributed by atoms with Gasteiger partial charge in [-0.1, -0.05) is 17.7 Å². The van der Waals surface area contributed by atoms with Gasteiger partial charge in [0.05, 0.1) is 5.75 Å². The largest absolute Gasteiger partial charge is 0.316 e. The van der Waals surface area contributed by atoms with E-state index in [4.69, 9.17) is 11.6 Å². The minimum Gasteiger partial charge on any atom is -0.316 e. The van der Waals surface area contributed by atoms with Crippen LogP contribution < -0.4 is 10.0 Å². The molecule has 0 saturated carbocycles. The van der Waals surface area contributed by atoms with Crippen LogP contribution in [0.2, 0.25) is 5.02 Å². The first-order valence-corrected chi connectivity index (χ1v) is 8.47. The zero-order valence-corrected chi connectivity index (χ0v) is 12.5. The number of nitrogens with one attached hydrogen (secondary N) is 2. The van der Waals surface area contributed by atoms with Crippen molar-refractivity contribution in [1.82, 2.24) is 5.32 Å². The number of aryl methyl sites for hydroxylation is 1. The van der Waals surface area contributed by atoms with Crippen LogP contribution in [0.1, 0.15) is 18.4 Å². The first kappa shape index (κ1) is 14.6. The van der Waals surface area contributed by atoms with Crippen LogP contribution in [0.3, 0.4) is 0 Å². The SMILES string of the molecule is Cc1ccc(NS(=O)(=O)CC2CCCNC2)cc1Cl. The van der Waals surface area contributed by atoms with E-state index in [0.29, 0.717) is 10.7 Å². The number of halogens is 1. The third-order valence-corrected chi connectivity index (χ3v) is 5.16. The molecule has 1 aliphatic heterocycles. The fraction of sp³-hybridized carbons (Fsp3) is 0.538. The van der Waals surface area contributed by atoms with Crippen LogP contribution in [0.25, 0.3) is 0 Å². The maximum absolute atomic E-state index is 12.1. The molecular formula is C13H19ClN2O2S. The number of benzene rings is 1. The standard InChI is InChI=1S/C13H19ClN2O2S/c1-10-4-5-12(7-13(10)14)16-19(17,18)9-11-3-2-6-15-8-11/h4-5,7,11,15-16H,2-3,6,8-9H2,1H3. The number of hydrogen-bond acceptors (Lipinski definition) is 3. The van der Waals surface area contributed by atoms with Crippen LogP contribution in [0.5, 0.6) is 0 Å². The molecule has 6 heteroatoms. The lowest BCUT2D eigenvalue weighted by Gasteiger charge is -2.22. The van der Waals surface area contributed by atoms with Crippen LogP contribution in [0.15, 0.2) is 18.2 Å². The lowest BCUT2D eigenvalue weighted by molar-refractivity contribution is 0.404. The van der Waals surface area contributed by atoms with Crippen molar-refractivity contribution in [3.8, 4) is 0 Å². The van der Waals surface area contributed by atoms with Crippen LogP contribution in [-0.2, 0) is 10.0 Å². The van der Waals surface area contributed by atoms with Crippen molar-refractivity contribution in [3.05, 3.63) is 28.8 Å². The smallest absolute Gasteiger partial charge is 0.233 e. The Morgan fingerprint density at radius 2 is 2.26 bits per heavy atom. The molecule has 4 nitrogen and oxygen atoms in total. The molecule has 0 amide bonds. The summed E-state index contributed by atoms with van der Waals surface area (Å²) in [5, 5.41) is 3.79. The van der Waals surface area contributed by atoms with E-state index in [-0.39, 0.29) is 11.7 Å². The van der Waals surface area contributed by atoms with E-state index >= 15 is 0 Å².